The van der Waals surface area contributed by atoms with Gasteiger partial charge in [0.2, 0.25) is 0 Å². The van der Waals surface area contributed by atoms with Crippen molar-refractivity contribution in [1.29, 1.82) is 0 Å². The summed E-state index contributed by atoms with van der Waals surface area (Å²) in [4.78, 5) is 0. The minimum absolute atomic E-state index is 0.00769. The van der Waals surface area contributed by atoms with E-state index in [0.717, 1.165) is 33.9 Å². The Hall–Kier alpha value is -2.62. The van der Waals surface area contributed by atoms with Crippen LogP contribution in [0.4, 0.5) is 0 Å². The second-order valence-corrected chi connectivity index (χ2v) is 30.4. The lowest BCUT2D eigenvalue weighted by molar-refractivity contribution is 0.513. The smallest absolute Gasteiger partial charge is 0.519 e. The van der Waals surface area contributed by atoms with E-state index in [-0.39, 0.29) is 9.32 Å². The molecule has 0 amide bonds. The van der Waals surface area contributed by atoms with Gasteiger partial charge in [0.1, 0.15) is 23.0 Å². The highest BCUT2D eigenvalue weighted by molar-refractivity contribution is 7.10. The van der Waals surface area contributed by atoms with E-state index in [1.54, 1.807) is 0 Å². The van der Waals surface area contributed by atoms with E-state index in [1.165, 1.54) is 0 Å². The number of allylic oxidation sites excluding steroid dienone is 8. The second-order valence-electron chi connectivity index (χ2n) is 13.8. The van der Waals surface area contributed by atoms with Crippen molar-refractivity contribution in [3.8, 4) is 23.0 Å². The molecule has 2 aromatic rings. The van der Waals surface area contributed by atoms with Gasteiger partial charge in [-0.1, -0.05) is 113 Å². The van der Waals surface area contributed by atoms with Gasteiger partial charge in [-0.15, -0.1) is 0 Å². The van der Waals surface area contributed by atoms with E-state index in [4.69, 9.17) is 18.6 Å². The van der Waals surface area contributed by atoms with Gasteiger partial charge in [-0.05, 0) is 33.6 Å². The minimum Gasteiger partial charge on any atom is -0.519 e. The van der Waals surface area contributed by atoms with Gasteiger partial charge in [0.25, 0.3) is 0 Å². The molecule has 2 aliphatic carbocycles. The van der Waals surface area contributed by atoms with Gasteiger partial charge in [-0.25, -0.2) is 0 Å². The maximum absolute atomic E-state index is 6.28. The molecule has 0 bridgehead atoms. The van der Waals surface area contributed by atoms with Crippen molar-refractivity contribution in [3.63, 3.8) is 0 Å². The zero-order valence-corrected chi connectivity index (χ0v) is 27.4. The average molecular weight is 569 g/mol. The molecule has 0 radical (unpaired) electrons. The molecule has 0 saturated carbocycles. The lowest BCUT2D eigenvalue weighted by atomic mass is 9.79. The SMILES string of the molecule is C[Si](C)(C)C1([Si](C)(C)C2([Si](C)(C)C)C=CC(B3Oc4ccccc4O3)=C2)C=CC(B2Oc3ccccc3O2)=C1. The number of benzene rings is 2. The Bertz CT molecular complexity index is 1300. The fraction of sp³-hybridized carbons (Fsp3) is 0.333. The maximum Gasteiger partial charge on any atom is 0.632 e. The Morgan fingerprint density at radius 1 is 0.513 bits per heavy atom. The van der Waals surface area contributed by atoms with E-state index in [9.17, 15) is 0 Å². The molecule has 2 aromatic carbocycles. The lowest BCUT2D eigenvalue weighted by Crippen LogP contribution is -2.64. The third-order valence-electron chi connectivity index (χ3n) is 9.60. The Morgan fingerprint density at radius 2 is 0.821 bits per heavy atom. The summed E-state index contributed by atoms with van der Waals surface area (Å²) < 4.78 is 25.1. The van der Waals surface area contributed by atoms with E-state index in [2.05, 4.69) is 88.8 Å². The lowest BCUT2D eigenvalue weighted by Gasteiger charge is -2.59. The van der Waals surface area contributed by atoms with Crippen LogP contribution < -0.4 is 18.6 Å². The molecule has 6 rings (SSSR count). The topological polar surface area (TPSA) is 36.9 Å². The summed E-state index contributed by atoms with van der Waals surface area (Å²) in [5.41, 5.74) is 2.29. The van der Waals surface area contributed by atoms with E-state index < -0.39 is 38.5 Å². The first-order chi connectivity index (χ1) is 18.3. The largest absolute Gasteiger partial charge is 0.632 e. The van der Waals surface area contributed by atoms with E-state index in [1.807, 2.05) is 48.5 Å². The second kappa shape index (κ2) is 8.69. The molecule has 4 aliphatic rings. The molecular weight excluding hydrogens is 530 g/mol. The predicted octanol–water partition coefficient (Wildman–Crippen LogP) is 7.92. The van der Waals surface area contributed by atoms with Crippen molar-refractivity contribution < 1.29 is 18.6 Å². The normalized spacial score (nSPS) is 25.4. The van der Waals surface area contributed by atoms with Crippen molar-refractivity contribution in [2.24, 2.45) is 0 Å². The Morgan fingerprint density at radius 3 is 1.10 bits per heavy atom. The van der Waals surface area contributed by atoms with Crippen molar-refractivity contribution in [2.45, 2.75) is 61.7 Å². The van der Waals surface area contributed by atoms with Gasteiger partial charge in [-0.2, -0.15) is 0 Å². The van der Waals surface area contributed by atoms with Gasteiger partial charge in [0, 0.05) is 10.9 Å². The van der Waals surface area contributed by atoms with Crippen LogP contribution in [0.25, 0.3) is 0 Å². The number of para-hydroxylation sites is 4. The molecule has 9 heteroatoms. The monoisotopic (exact) mass is 568 g/mol. The highest BCUT2D eigenvalue weighted by atomic mass is 28.4. The van der Waals surface area contributed by atoms with Crippen LogP contribution in [-0.2, 0) is 0 Å². The third-order valence-corrected chi connectivity index (χ3v) is 28.2. The molecule has 0 fully saturated rings. The molecule has 0 N–H and O–H groups in total. The summed E-state index contributed by atoms with van der Waals surface area (Å²) in [6.07, 6.45) is 14.8. The average Bonchev–Trinajstić information content (AvgIpc) is 3.65. The molecular formula is C30H38B2O4Si3. The highest BCUT2D eigenvalue weighted by Gasteiger charge is 2.66. The summed E-state index contributed by atoms with van der Waals surface area (Å²) >= 11 is 0. The summed E-state index contributed by atoms with van der Waals surface area (Å²) in [5.74, 6) is 3.28. The Kier molecular flexibility index (Phi) is 5.92. The summed E-state index contributed by atoms with van der Waals surface area (Å²) in [5, 5.41) is 0. The summed E-state index contributed by atoms with van der Waals surface area (Å²) in [6, 6.07) is 15.9. The Labute approximate surface area is 237 Å². The first-order valence-electron chi connectivity index (χ1n) is 14.0. The molecule has 200 valence electrons. The zero-order valence-electron chi connectivity index (χ0n) is 24.4. The van der Waals surface area contributed by atoms with Crippen LogP contribution in [0.5, 0.6) is 23.0 Å². The molecule has 2 atom stereocenters. The van der Waals surface area contributed by atoms with Crippen molar-refractivity contribution in [2.75, 3.05) is 0 Å². The van der Waals surface area contributed by atoms with Gasteiger partial charge >= 0.3 is 14.2 Å². The van der Waals surface area contributed by atoms with Crippen LogP contribution in [0.2, 0.25) is 61.7 Å². The van der Waals surface area contributed by atoms with Gasteiger partial charge in [-0.3, -0.25) is 0 Å². The molecule has 0 aromatic heterocycles. The van der Waals surface area contributed by atoms with Crippen molar-refractivity contribution >= 4 is 38.5 Å². The van der Waals surface area contributed by atoms with Crippen LogP contribution in [0.1, 0.15) is 0 Å². The predicted molar refractivity (Wildman–Crippen MR) is 171 cm³/mol. The van der Waals surface area contributed by atoms with Gasteiger partial charge in [0.15, 0.2) is 0 Å². The number of hydrogen-bond acceptors (Lipinski definition) is 4. The standard InChI is InChI=1S/C30H38B2O4Si3/c1-37(2,3)29(19-17-23(21-29)31-33-25-13-9-10-14-26(25)34-31)39(7,8)30(38(4,5)6)20-18-24(22-30)32-35-27-15-11-12-16-28(27)36-32/h9-22H,1-8H3. The number of rotatable bonds is 6. The molecule has 2 aliphatic heterocycles. The summed E-state index contributed by atoms with van der Waals surface area (Å²) in [7, 11) is -6.56. The van der Waals surface area contributed by atoms with Crippen molar-refractivity contribution in [3.05, 3.63) is 95.9 Å². The molecule has 39 heavy (non-hydrogen) atoms. The molecule has 0 spiro atoms. The highest BCUT2D eigenvalue weighted by Crippen LogP contribution is 2.66. The zero-order chi connectivity index (χ0) is 27.8. The third kappa shape index (κ3) is 3.84. The van der Waals surface area contributed by atoms with Crippen LogP contribution in [0.3, 0.4) is 0 Å². The van der Waals surface area contributed by atoms with Crippen LogP contribution in [0.15, 0.2) is 95.9 Å². The van der Waals surface area contributed by atoms with Crippen molar-refractivity contribution in [1.82, 2.24) is 0 Å². The van der Waals surface area contributed by atoms with E-state index >= 15 is 0 Å². The first-order valence-corrected chi connectivity index (χ1v) is 24.0. The fourth-order valence-electron chi connectivity index (χ4n) is 7.47. The summed E-state index contributed by atoms with van der Waals surface area (Å²) in [6.45, 7) is 20.4. The maximum atomic E-state index is 6.28. The van der Waals surface area contributed by atoms with Crippen LogP contribution in [-0.4, -0.2) is 38.5 Å². The fourth-order valence-corrected chi connectivity index (χ4v) is 29.2. The van der Waals surface area contributed by atoms with Gasteiger partial charge in [0.05, 0.1) is 24.2 Å². The van der Waals surface area contributed by atoms with Crippen LogP contribution in [0, 0.1) is 0 Å². The van der Waals surface area contributed by atoms with Gasteiger partial charge < -0.3 is 18.6 Å². The number of hydrogen-bond donors (Lipinski definition) is 0. The minimum atomic E-state index is -2.18. The molecule has 4 nitrogen and oxygen atoms in total. The first kappa shape index (κ1) is 26.6. The quantitative estimate of drug-likeness (QED) is 0.332. The van der Waals surface area contributed by atoms with Crippen LogP contribution >= 0.6 is 0 Å². The molecule has 2 unspecified atom stereocenters. The Balaban J connectivity index is 1.41. The molecule has 0 saturated heterocycles. The van der Waals surface area contributed by atoms with E-state index in [0.29, 0.717) is 0 Å². The molecule has 2 heterocycles. The number of fused-ring (bicyclic) bond motifs is 2.